The Morgan fingerprint density at radius 1 is 1.25 bits per heavy atom. The lowest BCUT2D eigenvalue weighted by atomic mass is 9.75. The van der Waals surface area contributed by atoms with E-state index in [1.54, 1.807) is 7.11 Å². The Hall–Kier alpha value is -1.02. The van der Waals surface area contributed by atoms with Crippen LogP contribution in [0, 0.1) is 18.8 Å². The molecule has 0 aromatic heterocycles. The summed E-state index contributed by atoms with van der Waals surface area (Å²) in [6.07, 6.45) is 8.01. The van der Waals surface area contributed by atoms with Crippen molar-refractivity contribution in [3.05, 3.63) is 29.3 Å². The molecule has 2 nitrogen and oxygen atoms in total. The van der Waals surface area contributed by atoms with Gasteiger partial charge in [-0.1, -0.05) is 38.7 Å². The Balaban J connectivity index is 2.00. The maximum Gasteiger partial charge on any atom is 0.119 e. The molecule has 1 aromatic rings. The minimum Gasteiger partial charge on any atom is -0.497 e. The number of methoxy groups -OCH3 is 1. The van der Waals surface area contributed by atoms with Gasteiger partial charge in [0.1, 0.15) is 5.75 Å². The maximum absolute atomic E-state index is 6.54. The molecular weight excluding hydrogens is 246 g/mol. The van der Waals surface area contributed by atoms with E-state index < -0.39 is 0 Å². The number of hydrogen-bond donors (Lipinski definition) is 1. The van der Waals surface area contributed by atoms with Gasteiger partial charge in [0.2, 0.25) is 0 Å². The average molecular weight is 275 g/mol. The van der Waals surface area contributed by atoms with Gasteiger partial charge in [-0.05, 0) is 54.9 Å². The average Bonchev–Trinajstić information content (AvgIpc) is 2.47. The molecule has 0 radical (unpaired) electrons. The highest BCUT2D eigenvalue weighted by atomic mass is 16.5. The van der Waals surface area contributed by atoms with Crippen LogP contribution < -0.4 is 10.5 Å². The summed E-state index contributed by atoms with van der Waals surface area (Å²) in [5.41, 5.74) is 9.09. The molecule has 1 unspecified atom stereocenters. The van der Waals surface area contributed by atoms with E-state index in [0.29, 0.717) is 5.92 Å². The van der Waals surface area contributed by atoms with Crippen LogP contribution in [0.4, 0.5) is 0 Å². The Morgan fingerprint density at radius 3 is 2.50 bits per heavy atom. The third kappa shape index (κ3) is 3.54. The molecule has 2 rings (SSSR count). The first-order chi connectivity index (χ1) is 9.65. The Bertz CT molecular complexity index is 421. The van der Waals surface area contributed by atoms with Gasteiger partial charge in [-0.15, -0.1) is 0 Å². The molecule has 1 aliphatic carbocycles. The Labute approximate surface area is 123 Å². The summed E-state index contributed by atoms with van der Waals surface area (Å²) < 4.78 is 5.28. The van der Waals surface area contributed by atoms with Gasteiger partial charge in [-0.25, -0.2) is 0 Å². The van der Waals surface area contributed by atoms with Crippen LogP contribution in [0.25, 0.3) is 0 Å². The second kappa shape index (κ2) is 7.12. The van der Waals surface area contributed by atoms with Crippen LogP contribution in [0.3, 0.4) is 0 Å². The fourth-order valence-electron chi connectivity index (χ4n) is 3.65. The Morgan fingerprint density at radius 2 is 1.95 bits per heavy atom. The zero-order valence-electron chi connectivity index (χ0n) is 13.2. The molecular formula is C18H29NO. The molecule has 0 bridgehead atoms. The molecule has 0 amide bonds. The highest BCUT2D eigenvalue weighted by Gasteiger charge is 2.26. The summed E-state index contributed by atoms with van der Waals surface area (Å²) in [4.78, 5) is 0. The van der Waals surface area contributed by atoms with Crippen molar-refractivity contribution in [2.45, 2.75) is 58.4 Å². The number of nitrogens with two attached hydrogens (primary N) is 1. The zero-order chi connectivity index (χ0) is 14.5. The van der Waals surface area contributed by atoms with Crippen LogP contribution in [0.15, 0.2) is 18.2 Å². The van der Waals surface area contributed by atoms with Crippen molar-refractivity contribution in [3.8, 4) is 5.75 Å². The molecule has 0 aliphatic heterocycles. The fourth-order valence-corrected chi connectivity index (χ4v) is 3.65. The van der Waals surface area contributed by atoms with Crippen LogP contribution >= 0.6 is 0 Å². The maximum atomic E-state index is 6.54. The molecule has 1 aromatic carbocycles. The lowest BCUT2D eigenvalue weighted by Gasteiger charge is -2.33. The smallest absolute Gasteiger partial charge is 0.119 e. The summed E-state index contributed by atoms with van der Waals surface area (Å²) in [7, 11) is 1.71. The third-order valence-corrected chi connectivity index (χ3v) is 4.93. The van der Waals surface area contributed by atoms with E-state index in [0.717, 1.165) is 11.7 Å². The van der Waals surface area contributed by atoms with E-state index in [-0.39, 0.29) is 6.04 Å². The molecule has 1 saturated carbocycles. The highest BCUT2D eigenvalue weighted by Crippen LogP contribution is 2.38. The summed E-state index contributed by atoms with van der Waals surface area (Å²) >= 11 is 0. The van der Waals surface area contributed by atoms with Crippen molar-refractivity contribution < 1.29 is 4.74 Å². The predicted molar refractivity (Wildman–Crippen MR) is 85.0 cm³/mol. The first kappa shape index (κ1) is 15.4. The molecule has 0 saturated heterocycles. The molecule has 20 heavy (non-hydrogen) atoms. The largest absolute Gasteiger partial charge is 0.497 e. The van der Waals surface area contributed by atoms with Crippen molar-refractivity contribution >= 4 is 0 Å². The Kier molecular flexibility index (Phi) is 5.47. The summed E-state index contributed by atoms with van der Waals surface area (Å²) in [5.74, 6) is 2.51. The predicted octanol–water partition coefficient (Wildman–Crippen LogP) is 4.61. The van der Waals surface area contributed by atoms with E-state index in [9.17, 15) is 0 Å². The minimum atomic E-state index is 0.184. The number of ether oxygens (including phenoxy) is 1. The van der Waals surface area contributed by atoms with Crippen molar-refractivity contribution in [3.63, 3.8) is 0 Å². The van der Waals surface area contributed by atoms with Gasteiger partial charge < -0.3 is 10.5 Å². The molecule has 0 heterocycles. The van der Waals surface area contributed by atoms with E-state index in [4.69, 9.17) is 10.5 Å². The fraction of sp³-hybridized carbons (Fsp3) is 0.667. The normalized spacial score (nSPS) is 24.4. The van der Waals surface area contributed by atoms with E-state index in [1.165, 1.54) is 49.7 Å². The van der Waals surface area contributed by atoms with Crippen molar-refractivity contribution in [1.82, 2.24) is 0 Å². The molecule has 1 atom stereocenters. The highest BCUT2D eigenvalue weighted by molar-refractivity contribution is 5.36. The van der Waals surface area contributed by atoms with Crippen molar-refractivity contribution in [2.24, 2.45) is 17.6 Å². The van der Waals surface area contributed by atoms with E-state index >= 15 is 0 Å². The number of rotatable bonds is 5. The van der Waals surface area contributed by atoms with Gasteiger partial charge in [-0.3, -0.25) is 0 Å². The van der Waals surface area contributed by atoms with Gasteiger partial charge in [0.15, 0.2) is 0 Å². The zero-order valence-corrected chi connectivity index (χ0v) is 13.2. The summed E-state index contributed by atoms with van der Waals surface area (Å²) in [6, 6.07) is 6.46. The molecule has 1 aliphatic rings. The number of aryl methyl sites for hydroxylation is 1. The molecule has 112 valence electrons. The van der Waals surface area contributed by atoms with Crippen LogP contribution in [0.5, 0.6) is 5.75 Å². The lowest BCUT2D eigenvalue weighted by Crippen LogP contribution is -2.26. The first-order valence-electron chi connectivity index (χ1n) is 8.05. The molecule has 0 spiro atoms. The van der Waals surface area contributed by atoms with Gasteiger partial charge in [0.05, 0.1) is 7.11 Å². The van der Waals surface area contributed by atoms with E-state index in [2.05, 4.69) is 26.0 Å². The molecule has 1 fully saturated rings. The lowest BCUT2D eigenvalue weighted by molar-refractivity contribution is 0.234. The van der Waals surface area contributed by atoms with Crippen LogP contribution in [0.1, 0.15) is 62.6 Å². The van der Waals surface area contributed by atoms with Crippen LogP contribution in [-0.2, 0) is 0 Å². The van der Waals surface area contributed by atoms with E-state index in [1.807, 2.05) is 6.07 Å². The monoisotopic (exact) mass is 275 g/mol. The van der Waals surface area contributed by atoms with Gasteiger partial charge in [0, 0.05) is 6.04 Å². The quantitative estimate of drug-likeness (QED) is 0.851. The first-order valence-corrected chi connectivity index (χ1v) is 8.05. The second-order valence-corrected chi connectivity index (χ2v) is 6.32. The molecule has 2 heteroatoms. The minimum absolute atomic E-state index is 0.184. The van der Waals surface area contributed by atoms with Gasteiger partial charge in [0.25, 0.3) is 0 Å². The summed E-state index contributed by atoms with van der Waals surface area (Å²) in [6.45, 7) is 4.43. The van der Waals surface area contributed by atoms with Gasteiger partial charge in [-0.2, -0.15) is 0 Å². The SMILES string of the molecule is CCCC1CCC(C(N)c2ccc(OC)cc2C)CC1. The second-order valence-electron chi connectivity index (χ2n) is 6.32. The number of hydrogen-bond acceptors (Lipinski definition) is 2. The standard InChI is InChI=1S/C18H29NO/c1-4-5-14-6-8-15(9-7-14)18(19)17-11-10-16(20-3)12-13(17)2/h10-12,14-15,18H,4-9,19H2,1-3H3. The summed E-state index contributed by atoms with van der Waals surface area (Å²) in [5, 5.41) is 0. The number of benzene rings is 1. The third-order valence-electron chi connectivity index (χ3n) is 4.93. The van der Waals surface area contributed by atoms with Crippen molar-refractivity contribution in [2.75, 3.05) is 7.11 Å². The van der Waals surface area contributed by atoms with Gasteiger partial charge >= 0.3 is 0 Å². The molecule has 2 N–H and O–H groups in total. The van der Waals surface area contributed by atoms with Crippen LogP contribution in [0.2, 0.25) is 0 Å². The topological polar surface area (TPSA) is 35.2 Å². The van der Waals surface area contributed by atoms with Crippen molar-refractivity contribution in [1.29, 1.82) is 0 Å². The van der Waals surface area contributed by atoms with Crippen LogP contribution in [-0.4, -0.2) is 7.11 Å².